The van der Waals surface area contributed by atoms with E-state index in [9.17, 15) is 4.79 Å². The second-order valence-corrected chi connectivity index (χ2v) is 7.01. The lowest BCUT2D eigenvalue weighted by Crippen LogP contribution is -2.42. The first-order chi connectivity index (χ1) is 11.4. The van der Waals surface area contributed by atoms with E-state index in [1.807, 2.05) is 51.1 Å². The van der Waals surface area contributed by atoms with E-state index in [0.717, 1.165) is 24.8 Å². The van der Waals surface area contributed by atoms with Gasteiger partial charge in [-0.05, 0) is 40.0 Å². The molecule has 24 heavy (non-hydrogen) atoms. The number of rotatable bonds is 2. The van der Waals surface area contributed by atoms with Crippen LogP contribution in [-0.2, 0) is 4.74 Å². The number of hydrogen-bond acceptors (Lipinski definition) is 5. The zero-order chi connectivity index (χ0) is 17.2. The van der Waals surface area contributed by atoms with Crippen LogP contribution in [0.25, 0.3) is 11.4 Å². The highest BCUT2D eigenvalue weighted by Gasteiger charge is 2.34. The number of hydrogen-bond donors (Lipinski definition) is 0. The first-order valence-corrected chi connectivity index (χ1v) is 8.33. The molecule has 1 atom stereocenters. The molecule has 0 aliphatic carbocycles. The Morgan fingerprint density at radius 1 is 1.25 bits per heavy atom. The summed E-state index contributed by atoms with van der Waals surface area (Å²) >= 11 is 0. The molecule has 2 aromatic rings. The van der Waals surface area contributed by atoms with Crippen molar-refractivity contribution in [2.24, 2.45) is 0 Å². The first kappa shape index (κ1) is 16.5. The second kappa shape index (κ2) is 6.63. The molecule has 6 nitrogen and oxygen atoms in total. The van der Waals surface area contributed by atoms with Gasteiger partial charge in [-0.15, -0.1) is 0 Å². The van der Waals surface area contributed by atoms with E-state index < -0.39 is 5.60 Å². The van der Waals surface area contributed by atoms with Crippen LogP contribution in [0.1, 0.15) is 52.0 Å². The molecule has 128 valence electrons. The molecule has 1 aromatic carbocycles. The maximum absolute atomic E-state index is 12.5. The Kier molecular flexibility index (Phi) is 4.55. The number of ether oxygens (including phenoxy) is 1. The van der Waals surface area contributed by atoms with Crippen molar-refractivity contribution < 1.29 is 14.1 Å². The quantitative estimate of drug-likeness (QED) is 0.826. The average molecular weight is 329 g/mol. The van der Waals surface area contributed by atoms with Gasteiger partial charge in [0.2, 0.25) is 11.7 Å². The topological polar surface area (TPSA) is 68.5 Å². The van der Waals surface area contributed by atoms with E-state index in [1.54, 1.807) is 4.90 Å². The molecule has 0 saturated carbocycles. The molecular formula is C18H23N3O3. The third kappa shape index (κ3) is 3.75. The Labute approximate surface area is 141 Å². The van der Waals surface area contributed by atoms with Gasteiger partial charge in [-0.25, -0.2) is 4.79 Å². The van der Waals surface area contributed by atoms with Crippen molar-refractivity contribution in [1.29, 1.82) is 0 Å². The summed E-state index contributed by atoms with van der Waals surface area (Å²) in [5.74, 6) is 1.01. The van der Waals surface area contributed by atoms with Crippen molar-refractivity contribution in [1.82, 2.24) is 15.0 Å². The van der Waals surface area contributed by atoms with E-state index in [2.05, 4.69) is 10.1 Å². The number of amides is 1. The summed E-state index contributed by atoms with van der Waals surface area (Å²) in [5, 5.41) is 4.07. The Bertz CT molecular complexity index is 691. The molecule has 1 amide bonds. The van der Waals surface area contributed by atoms with Crippen LogP contribution in [0.15, 0.2) is 34.9 Å². The molecule has 0 unspecified atom stereocenters. The Morgan fingerprint density at radius 2 is 2.00 bits per heavy atom. The Hall–Kier alpha value is -2.37. The fraction of sp³-hybridized carbons (Fsp3) is 0.500. The second-order valence-electron chi connectivity index (χ2n) is 7.01. The van der Waals surface area contributed by atoms with Crippen molar-refractivity contribution in [2.75, 3.05) is 6.54 Å². The van der Waals surface area contributed by atoms with Gasteiger partial charge in [0.1, 0.15) is 11.6 Å². The van der Waals surface area contributed by atoms with Gasteiger partial charge < -0.3 is 9.26 Å². The molecular weight excluding hydrogens is 306 g/mol. The van der Waals surface area contributed by atoms with Crippen LogP contribution in [0, 0.1) is 0 Å². The van der Waals surface area contributed by atoms with Gasteiger partial charge in [-0.3, -0.25) is 4.90 Å². The van der Waals surface area contributed by atoms with Crippen LogP contribution in [0.5, 0.6) is 0 Å². The lowest BCUT2D eigenvalue weighted by atomic mass is 10.0. The summed E-state index contributed by atoms with van der Waals surface area (Å²) in [4.78, 5) is 18.7. The Balaban J connectivity index is 1.81. The number of piperidine rings is 1. The molecule has 0 radical (unpaired) electrons. The maximum atomic E-state index is 12.5. The van der Waals surface area contributed by atoms with Gasteiger partial charge >= 0.3 is 6.09 Å². The zero-order valence-corrected chi connectivity index (χ0v) is 14.4. The van der Waals surface area contributed by atoms with E-state index in [1.165, 1.54) is 0 Å². The van der Waals surface area contributed by atoms with Crippen LogP contribution >= 0.6 is 0 Å². The molecule has 6 heteroatoms. The standard InChI is InChI=1S/C18H23N3O3/c1-18(2,3)23-17(22)21-12-8-7-11-14(21)16-19-15(20-24-16)13-9-5-4-6-10-13/h4-6,9-10,14H,7-8,11-12H2,1-3H3/t14-/m0/s1. The van der Waals surface area contributed by atoms with Crippen LogP contribution < -0.4 is 0 Å². The van der Waals surface area contributed by atoms with Gasteiger partial charge in [0.15, 0.2) is 0 Å². The monoisotopic (exact) mass is 329 g/mol. The molecule has 1 aliphatic rings. The highest BCUT2D eigenvalue weighted by atomic mass is 16.6. The first-order valence-electron chi connectivity index (χ1n) is 8.33. The predicted molar refractivity (Wildman–Crippen MR) is 89.3 cm³/mol. The van der Waals surface area contributed by atoms with Gasteiger partial charge in [0.05, 0.1) is 0 Å². The van der Waals surface area contributed by atoms with Crippen molar-refractivity contribution in [3.63, 3.8) is 0 Å². The summed E-state index contributed by atoms with van der Waals surface area (Å²) in [7, 11) is 0. The minimum Gasteiger partial charge on any atom is -0.444 e. The molecule has 0 spiro atoms. The lowest BCUT2D eigenvalue weighted by Gasteiger charge is -2.34. The fourth-order valence-electron chi connectivity index (χ4n) is 2.80. The van der Waals surface area contributed by atoms with Crippen LogP contribution in [-0.4, -0.2) is 33.3 Å². The fourth-order valence-corrected chi connectivity index (χ4v) is 2.80. The molecule has 1 saturated heterocycles. The largest absolute Gasteiger partial charge is 0.444 e. The van der Waals surface area contributed by atoms with E-state index in [4.69, 9.17) is 9.26 Å². The summed E-state index contributed by atoms with van der Waals surface area (Å²) < 4.78 is 11.0. The average Bonchev–Trinajstić information content (AvgIpc) is 3.04. The minimum absolute atomic E-state index is 0.224. The number of nitrogens with zero attached hydrogens (tertiary/aromatic N) is 3. The number of carbonyl (C=O) groups excluding carboxylic acids is 1. The van der Waals surface area contributed by atoms with Gasteiger partial charge in [0, 0.05) is 12.1 Å². The predicted octanol–water partition coefficient (Wildman–Crippen LogP) is 4.20. The van der Waals surface area contributed by atoms with Crippen molar-refractivity contribution >= 4 is 6.09 Å². The third-order valence-corrected chi connectivity index (χ3v) is 3.89. The van der Waals surface area contributed by atoms with Crippen molar-refractivity contribution in [3.8, 4) is 11.4 Å². The van der Waals surface area contributed by atoms with Crippen molar-refractivity contribution in [2.45, 2.75) is 51.7 Å². The van der Waals surface area contributed by atoms with E-state index >= 15 is 0 Å². The summed E-state index contributed by atoms with van der Waals surface area (Å²) in [6.07, 6.45) is 2.45. The zero-order valence-electron chi connectivity index (χ0n) is 14.4. The summed E-state index contributed by atoms with van der Waals surface area (Å²) in [6, 6.07) is 9.44. The van der Waals surface area contributed by atoms with Gasteiger partial charge in [-0.2, -0.15) is 4.98 Å². The number of likely N-dealkylation sites (tertiary alicyclic amines) is 1. The number of carbonyl (C=O) groups is 1. The molecule has 2 heterocycles. The minimum atomic E-state index is -0.525. The molecule has 1 fully saturated rings. The molecule has 1 aliphatic heterocycles. The molecule has 1 aromatic heterocycles. The normalized spacial score (nSPS) is 18.5. The highest BCUT2D eigenvalue weighted by Crippen LogP contribution is 2.32. The van der Waals surface area contributed by atoms with Crippen LogP contribution in [0.2, 0.25) is 0 Å². The van der Waals surface area contributed by atoms with Crippen molar-refractivity contribution in [3.05, 3.63) is 36.2 Å². The van der Waals surface area contributed by atoms with Gasteiger partial charge in [-0.1, -0.05) is 35.5 Å². The van der Waals surface area contributed by atoms with E-state index in [-0.39, 0.29) is 12.1 Å². The summed E-state index contributed by atoms with van der Waals surface area (Å²) in [5.41, 5.74) is 0.371. The smallest absolute Gasteiger partial charge is 0.410 e. The maximum Gasteiger partial charge on any atom is 0.410 e. The van der Waals surface area contributed by atoms with Gasteiger partial charge in [0.25, 0.3) is 0 Å². The molecule has 0 N–H and O–H groups in total. The Morgan fingerprint density at radius 3 is 2.71 bits per heavy atom. The number of aromatic nitrogens is 2. The SMILES string of the molecule is CC(C)(C)OC(=O)N1CCCC[C@H]1c1nc(-c2ccccc2)no1. The summed E-state index contributed by atoms with van der Waals surface area (Å²) in [6.45, 7) is 6.24. The van der Waals surface area contributed by atoms with E-state index in [0.29, 0.717) is 18.3 Å². The van der Waals surface area contributed by atoms with Crippen LogP contribution in [0.3, 0.4) is 0 Å². The lowest BCUT2D eigenvalue weighted by molar-refractivity contribution is 0.00538. The third-order valence-electron chi connectivity index (χ3n) is 3.89. The molecule has 3 rings (SSSR count). The molecule has 0 bridgehead atoms. The van der Waals surface area contributed by atoms with Crippen LogP contribution in [0.4, 0.5) is 4.79 Å². The number of benzene rings is 1. The highest BCUT2D eigenvalue weighted by molar-refractivity contribution is 5.68.